The number of fused-ring (bicyclic) bond motifs is 2. The molecule has 0 bridgehead atoms. The van der Waals surface area contributed by atoms with Gasteiger partial charge in [-0.1, -0.05) is 65.8 Å². The molecule has 0 unspecified atom stereocenters. The molecular weight excluding hydrogens is 382 g/mol. The maximum atomic E-state index is 6.35. The van der Waals surface area contributed by atoms with Gasteiger partial charge in [-0.3, -0.25) is 0 Å². The molecule has 4 atom stereocenters. The predicted molar refractivity (Wildman–Crippen MR) is 125 cm³/mol. The molecule has 2 aliphatic heterocycles. The molecule has 0 aliphatic carbocycles. The third kappa shape index (κ3) is 3.18. The number of hydrogen-bond donors (Lipinski definition) is 0. The fourth-order valence-corrected chi connectivity index (χ4v) is 11.1. The standard InChI is InChI=1S/C24H32O2P2/c1-15-25-19-13-9-11-17(21(19)27(15)23(3,4)5)18-12-10-14-20-22(18)28(16(2)26-20)24(6,7)8/h9-16H,1-8H3/t15-,16-,27-,28+/m1/s1. The van der Waals surface area contributed by atoms with E-state index in [1.165, 1.54) is 21.7 Å². The lowest BCUT2D eigenvalue weighted by Gasteiger charge is -2.33. The molecule has 0 aromatic heterocycles. The van der Waals surface area contributed by atoms with E-state index in [-0.39, 0.29) is 22.0 Å². The summed E-state index contributed by atoms with van der Waals surface area (Å²) in [5.74, 6) is 2.66. The Kier molecular flexibility index (Phi) is 4.84. The van der Waals surface area contributed by atoms with Gasteiger partial charge in [0.15, 0.2) is 0 Å². The molecule has 0 spiro atoms. The van der Waals surface area contributed by atoms with Crippen LogP contribution in [0.2, 0.25) is 0 Å². The molecule has 0 amide bonds. The minimum absolute atomic E-state index is 0.201. The average molecular weight is 414 g/mol. The van der Waals surface area contributed by atoms with Gasteiger partial charge in [-0.15, -0.1) is 0 Å². The van der Waals surface area contributed by atoms with Crippen LogP contribution in [0.5, 0.6) is 11.5 Å². The highest BCUT2D eigenvalue weighted by molar-refractivity contribution is 7.69. The van der Waals surface area contributed by atoms with Crippen LogP contribution >= 0.6 is 15.8 Å². The van der Waals surface area contributed by atoms with Crippen LogP contribution in [-0.2, 0) is 0 Å². The summed E-state index contributed by atoms with van der Waals surface area (Å²) in [6, 6.07) is 13.2. The lowest BCUT2D eigenvalue weighted by atomic mass is 10.0. The molecule has 0 radical (unpaired) electrons. The quantitative estimate of drug-likeness (QED) is 0.487. The molecule has 0 saturated heterocycles. The summed E-state index contributed by atoms with van der Waals surface area (Å²) in [7, 11) is -0.847. The summed E-state index contributed by atoms with van der Waals surface area (Å²) < 4.78 is 12.7. The van der Waals surface area contributed by atoms with Crippen molar-refractivity contribution < 1.29 is 9.47 Å². The highest BCUT2D eigenvalue weighted by Crippen LogP contribution is 2.62. The van der Waals surface area contributed by atoms with Gasteiger partial charge in [-0.2, -0.15) is 0 Å². The van der Waals surface area contributed by atoms with Crippen LogP contribution in [0.1, 0.15) is 55.4 Å². The van der Waals surface area contributed by atoms with Crippen molar-refractivity contribution in [1.82, 2.24) is 0 Å². The van der Waals surface area contributed by atoms with Crippen molar-refractivity contribution in [3.8, 4) is 22.6 Å². The first-order valence-electron chi connectivity index (χ1n) is 10.2. The van der Waals surface area contributed by atoms with Gasteiger partial charge in [0.05, 0.1) is 0 Å². The van der Waals surface area contributed by atoms with Crippen LogP contribution in [-0.4, -0.2) is 22.0 Å². The molecule has 28 heavy (non-hydrogen) atoms. The SMILES string of the molecule is C[C@@H]1Oc2cccc(-c3cccc4c3[P@](C(C)(C)C)[C@H](C)O4)c2[P@@]1C(C)(C)C. The molecule has 2 nitrogen and oxygen atoms in total. The zero-order valence-corrected chi connectivity index (χ0v) is 20.1. The lowest BCUT2D eigenvalue weighted by molar-refractivity contribution is 0.312. The maximum absolute atomic E-state index is 6.35. The van der Waals surface area contributed by atoms with E-state index >= 15 is 0 Å². The fraction of sp³-hybridized carbons (Fsp3) is 0.500. The molecule has 4 rings (SSSR count). The molecule has 0 N–H and O–H groups in total. The number of hydrogen-bond acceptors (Lipinski definition) is 2. The second-order valence-electron chi connectivity index (χ2n) is 9.82. The zero-order valence-electron chi connectivity index (χ0n) is 18.3. The summed E-state index contributed by atoms with van der Waals surface area (Å²) in [5.41, 5.74) is 2.71. The predicted octanol–water partition coefficient (Wildman–Crippen LogP) is 6.64. The summed E-state index contributed by atoms with van der Waals surface area (Å²) >= 11 is 0. The van der Waals surface area contributed by atoms with Gasteiger partial charge in [-0.05, 0) is 63.3 Å². The molecule has 150 valence electrons. The highest BCUT2D eigenvalue weighted by Gasteiger charge is 2.44. The molecule has 2 heterocycles. The Hall–Kier alpha value is -1.10. The van der Waals surface area contributed by atoms with Gasteiger partial charge < -0.3 is 9.47 Å². The van der Waals surface area contributed by atoms with Crippen LogP contribution in [0, 0.1) is 0 Å². The van der Waals surface area contributed by atoms with Crippen molar-refractivity contribution in [2.75, 3.05) is 0 Å². The van der Waals surface area contributed by atoms with Crippen molar-refractivity contribution in [2.24, 2.45) is 0 Å². The molecule has 2 aliphatic rings. The monoisotopic (exact) mass is 414 g/mol. The molecule has 2 aromatic rings. The molecule has 2 aromatic carbocycles. The van der Waals surface area contributed by atoms with E-state index in [1.54, 1.807) is 0 Å². The summed E-state index contributed by atoms with van der Waals surface area (Å²) in [4.78, 5) is 0. The van der Waals surface area contributed by atoms with E-state index in [2.05, 4.69) is 91.8 Å². The van der Waals surface area contributed by atoms with Crippen LogP contribution in [0.4, 0.5) is 0 Å². The van der Waals surface area contributed by atoms with Crippen LogP contribution in [0.3, 0.4) is 0 Å². The average Bonchev–Trinajstić information content (AvgIpc) is 3.08. The second kappa shape index (κ2) is 6.72. The van der Waals surface area contributed by atoms with Gasteiger partial charge in [0.25, 0.3) is 0 Å². The zero-order chi connectivity index (χ0) is 20.4. The van der Waals surface area contributed by atoms with Crippen molar-refractivity contribution in [1.29, 1.82) is 0 Å². The summed E-state index contributed by atoms with van der Waals surface area (Å²) in [6.07, 6.45) is 0. The van der Waals surface area contributed by atoms with Crippen molar-refractivity contribution in [3.05, 3.63) is 36.4 Å². The minimum Gasteiger partial charge on any atom is -0.485 e. The van der Waals surface area contributed by atoms with E-state index in [0.717, 1.165) is 11.5 Å². The van der Waals surface area contributed by atoms with Gasteiger partial charge in [0.2, 0.25) is 0 Å². The third-order valence-electron chi connectivity index (χ3n) is 5.54. The number of rotatable bonds is 1. The first-order chi connectivity index (χ1) is 13.0. The normalized spacial score (nSPS) is 26.4. The van der Waals surface area contributed by atoms with E-state index in [1.807, 2.05) is 0 Å². The number of ether oxygens (including phenoxy) is 2. The summed E-state index contributed by atoms with van der Waals surface area (Å²) in [6.45, 7) is 18.6. The topological polar surface area (TPSA) is 18.5 Å². The van der Waals surface area contributed by atoms with Gasteiger partial charge in [0.1, 0.15) is 23.2 Å². The van der Waals surface area contributed by atoms with Crippen molar-refractivity contribution in [2.45, 2.75) is 77.4 Å². The molecular formula is C24H32O2P2. The Balaban J connectivity index is 1.96. The highest BCUT2D eigenvalue weighted by atomic mass is 31.1. The lowest BCUT2D eigenvalue weighted by Crippen LogP contribution is -2.25. The fourth-order valence-electron chi connectivity index (χ4n) is 4.76. The smallest absolute Gasteiger partial charge is 0.128 e. The van der Waals surface area contributed by atoms with Gasteiger partial charge in [-0.25, -0.2) is 0 Å². The largest absolute Gasteiger partial charge is 0.485 e. The second-order valence-corrected chi connectivity index (χ2v) is 16.3. The van der Waals surface area contributed by atoms with E-state index in [9.17, 15) is 0 Å². The summed E-state index contributed by atoms with van der Waals surface area (Å²) in [5, 5.41) is 3.28. The molecule has 0 fully saturated rings. The van der Waals surface area contributed by atoms with E-state index < -0.39 is 15.8 Å². The minimum atomic E-state index is -0.424. The van der Waals surface area contributed by atoms with Crippen LogP contribution < -0.4 is 20.1 Å². The molecule has 0 saturated carbocycles. The number of benzene rings is 2. The first kappa shape index (κ1) is 20.2. The maximum Gasteiger partial charge on any atom is 0.128 e. The Labute approximate surface area is 172 Å². The Morgan fingerprint density at radius 1 is 0.643 bits per heavy atom. The molecule has 4 heteroatoms. The van der Waals surface area contributed by atoms with Gasteiger partial charge in [0, 0.05) is 10.6 Å². The van der Waals surface area contributed by atoms with Crippen LogP contribution in [0.15, 0.2) is 36.4 Å². The van der Waals surface area contributed by atoms with Crippen molar-refractivity contribution in [3.63, 3.8) is 0 Å². The van der Waals surface area contributed by atoms with Crippen LogP contribution in [0.25, 0.3) is 11.1 Å². The van der Waals surface area contributed by atoms with E-state index in [0.29, 0.717) is 0 Å². The first-order valence-corrected chi connectivity index (χ1v) is 13.0. The van der Waals surface area contributed by atoms with Crippen molar-refractivity contribution >= 4 is 26.5 Å². The Morgan fingerprint density at radius 3 is 1.32 bits per heavy atom. The van der Waals surface area contributed by atoms with E-state index in [4.69, 9.17) is 9.47 Å². The third-order valence-corrected chi connectivity index (χ3v) is 12.0. The Morgan fingerprint density at radius 2 is 1.00 bits per heavy atom. The Bertz CT molecular complexity index is 832. The van der Waals surface area contributed by atoms with Gasteiger partial charge >= 0.3 is 0 Å².